The van der Waals surface area contributed by atoms with E-state index >= 15 is 0 Å². The molecule has 0 aliphatic rings. The molecule has 21 heavy (non-hydrogen) atoms. The molecule has 1 N–H and O–H groups in total. The van der Waals surface area contributed by atoms with Gasteiger partial charge in [0.1, 0.15) is 17.4 Å². The molecule has 110 valence electrons. The van der Waals surface area contributed by atoms with Gasteiger partial charge < -0.3 is 10.1 Å². The molecule has 0 saturated carbocycles. The number of hydrogen-bond acceptors (Lipinski definition) is 2. The number of rotatable bonds is 4. The van der Waals surface area contributed by atoms with Gasteiger partial charge in [0.15, 0.2) is 0 Å². The first-order valence-corrected chi connectivity index (χ1v) is 6.86. The highest BCUT2D eigenvalue weighted by atomic mass is 79.9. The zero-order valence-corrected chi connectivity index (χ0v) is 12.7. The molecule has 2 aromatic rings. The second-order valence-electron chi connectivity index (χ2n) is 4.32. The molecule has 6 heteroatoms. The fourth-order valence-electron chi connectivity index (χ4n) is 1.74. The first kappa shape index (κ1) is 15.4. The average Bonchev–Trinajstić information content (AvgIpc) is 2.45. The highest BCUT2D eigenvalue weighted by Crippen LogP contribution is 2.23. The zero-order chi connectivity index (χ0) is 15.4. The number of methoxy groups -OCH3 is 1. The van der Waals surface area contributed by atoms with Gasteiger partial charge in [-0.2, -0.15) is 0 Å². The number of amides is 1. The van der Waals surface area contributed by atoms with Crippen LogP contribution in [0.3, 0.4) is 0 Å². The molecule has 0 heterocycles. The third kappa shape index (κ3) is 4.01. The molecule has 0 aromatic heterocycles. The van der Waals surface area contributed by atoms with Crippen molar-refractivity contribution in [3.05, 3.63) is 58.1 Å². The molecule has 0 atom stereocenters. The summed E-state index contributed by atoms with van der Waals surface area (Å²) in [6.07, 6.45) is 0.0567. The number of ether oxygens (including phenoxy) is 1. The standard InChI is InChI=1S/C15H12BrF2NO2/c1-21-10-4-2-9(3-5-10)6-15(20)19-14-8-12(17)11(16)7-13(14)18/h2-5,7-8H,6H2,1H3,(H,19,20). The fourth-order valence-corrected chi connectivity index (χ4v) is 2.06. The van der Waals surface area contributed by atoms with Gasteiger partial charge in [-0.3, -0.25) is 4.79 Å². The predicted octanol–water partition coefficient (Wildman–Crippen LogP) is 3.92. The lowest BCUT2D eigenvalue weighted by molar-refractivity contribution is -0.115. The van der Waals surface area contributed by atoms with E-state index in [9.17, 15) is 13.6 Å². The van der Waals surface area contributed by atoms with E-state index in [4.69, 9.17) is 4.74 Å². The summed E-state index contributed by atoms with van der Waals surface area (Å²) in [5.74, 6) is -1.09. The SMILES string of the molecule is COc1ccc(CC(=O)Nc2cc(F)c(Br)cc2F)cc1. The van der Waals surface area contributed by atoms with E-state index in [1.165, 1.54) is 0 Å². The van der Waals surface area contributed by atoms with Crippen molar-refractivity contribution in [3.8, 4) is 5.75 Å². The Kier molecular flexibility index (Phi) is 4.90. The normalized spacial score (nSPS) is 10.3. The first-order chi connectivity index (χ1) is 9.99. The van der Waals surface area contributed by atoms with Crippen LogP contribution in [0.25, 0.3) is 0 Å². The first-order valence-electron chi connectivity index (χ1n) is 6.07. The van der Waals surface area contributed by atoms with Crippen LogP contribution in [0.4, 0.5) is 14.5 Å². The fraction of sp³-hybridized carbons (Fsp3) is 0.133. The largest absolute Gasteiger partial charge is 0.497 e. The lowest BCUT2D eigenvalue weighted by Crippen LogP contribution is -2.15. The van der Waals surface area contributed by atoms with Gasteiger partial charge in [-0.15, -0.1) is 0 Å². The second-order valence-corrected chi connectivity index (χ2v) is 5.17. The summed E-state index contributed by atoms with van der Waals surface area (Å²) in [6, 6.07) is 8.82. The molecule has 0 spiro atoms. The van der Waals surface area contributed by atoms with Gasteiger partial charge in [0.2, 0.25) is 5.91 Å². The van der Waals surface area contributed by atoms with E-state index < -0.39 is 17.5 Å². The van der Waals surface area contributed by atoms with Crippen LogP contribution in [-0.2, 0) is 11.2 Å². The Morgan fingerprint density at radius 2 is 1.86 bits per heavy atom. The van der Waals surface area contributed by atoms with Crippen LogP contribution < -0.4 is 10.1 Å². The predicted molar refractivity (Wildman–Crippen MR) is 79.4 cm³/mol. The lowest BCUT2D eigenvalue weighted by Gasteiger charge is -2.08. The molecule has 0 radical (unpaired) electrons. The topological polar surface area (TPSA) is 38.3 Å². The van der Waals surface area contributed by atoms with Gasteiger partial charge >= 0.3 is 0 Å². The van der Waals surface area contributed by atoms with Crippen molar-refractivity contribution in [1.29, 1.82) is 0 Å². The molecule has 2 rings (SSSR count). The Hall–Kier alpha value is -1.95. The molecular formula is C15H12BrF2NO2. The van der Waals surface area contributed by atoms with Gasteiger partial charge in [0.25, 0.3) is 0 Å². The van der Waals surface area contributed by atoms with Crippen LogP contribution in [0.5, 0.6) is 5.75 Å². The monoisotopic (exact) mass is 355 g/mol. The minimum Gasteiger partial charge on any atom is -0.497 e. The summed E-state index contributed by atoms with van der Waals surface area (Å²) < 4.78 is 32.0. The van der Waals surface area contributed by atoms with E-state index in [-0.39, 0.29) is 16.6 Å². The van der Waals surface area contributed by atoms with Crippen LogP contribution in [0.15, 0.2) is 40.9 Å². The number of benzene rings is 2. The van der Waals surface area contributed by atoms with Crippen LogP contribution >= 0.6 is 15.9 Å². The third-order valence-electron chi connectivity index (χ3n) is 2.81. The van der Waals surface area contributed by atoms with Gasteiger partial charge in [-0.05, 0) is 39.7 Å². The summed E-state index contributed by atoms with van der Waals surface area (Å²) in [5.41, 5.74) is 0.556. The highest BCUT2D eigenvalue weighted by Gasteiger charge is 2.11. The van der Waals surface area contributed by atoms with Crippen molar-refractivity contribution >= 4 is 27.5 Å². The van der Waals surface area contributed by atoms with Gasteiger partial charge in [-0.1, -0.05) is 12.1 Å². The Labute approximate surface area is 129 Å². The van der Waals surface area contributed by atoms with E-state index in [1.54, 1.807) is 31.4 Å². The summed E-state index contributed by atoms with van der Waals surface area (Å²) in [4.78, 5) is 11.8. The number of halogens is 3. The van der Waals surface area contributed by atoms with Gasteiger partial charge in [0.05, 0.1) is 23.7 Å². The summed E-state index contributed by atoms with van der Waals surface area (Å²) in [6.45, 7) is 0. The third-order valence-corrected chi connectivity index (χ3v) is 3.42. The van der Waals surface area contributed by atoms with Crippen molar-refractivity contribution in [2.45, 2.75) is 6.42 Å². The quantitative estimate of drug-likeness (QED) is 0.844. The number of carbonyl (C=O) groups excluding carboxylic acids is 1. The Balaban J connectivity index is 2.06. The molecule has 2 aromatic carbocycles. The lowest BCUT2D eigenvalue weighted by atomic mass is 10.1. The van der Waals surface area contributed by atoms with Crippen LogP contribution in [0.1, 0.15) is 5.56 Å². The van der Waals surface area contributed by atoms with Crippen LogP contribution in [0.2, 0.25) is 0 Å². The number of carbonyl (C=O) groups is 1. The molecule has 0 aliphatic heterocycles. The minimum atomic E-state index is -0.702. The van der Waals surface area contributed by atoms with Gasteiger partial charge in [-0.25, -0.2) is 8.78 Å². The van der Waals surface area contributed by atoms with Gasteiger partial charge in [0, 0.05) is 6.07 Å². The maximum Gasteiger partial charge on any atom is 0.228 e. The van der Waals surface area contributed by atoms with E-state index in [1.807, 2.05) is 0 Å². The van der Waals surface area contributed by atoms with Crippen LogP contribution in [-0.4, -0.2) is 13.0 Å². The molecule has 0 aliphatic carbocycles. The molecule has 0 fully saturated rings. The molecular weight excluding hydrogens is 344 g/mol. The van der Waals surface area contributed by atoms with E-state index in [0.29, 0.717) is 5.75 Å². The Morgan fingerprint density at radius 3 is 2.48 bits per heavy atom. The maximum absolute atomic E-state index is 13.6. The van der Waals surface area contributed by atoms with Crippen LogP contribution in [0, 0.1) is 11.6 Å². The second kappa shape index (κ2) is 6.67. The van der Waals surface area contributed by atoms with Crippen molar-refractivity contribution in [1.82, 2.24) is 0 Å². The average molecular weight is 356 g/mol. The van der Waals surface area contributed by atoms with Crippen molar-refractivity contribution in [2.24, 2.45) is 0 Å². The molecule has 0 saturated heterocycles. The van der Waals surface area contributed by atoms with Crippen molar-refractivity contribution in [2.75, 3.05) is 12.4 Å². The molecule has 1 amide bonds. The Bertz CT molecular complexity index is 659. The number of hydrogen-bond donors (Lipinski definition) is 1. The zero-order valence-electron chi connectivity index (χ0n) is 11.1. The molecule has 3 nitrogen and oxygen atoms in total. The molecule has 0 bridgehead atoms. The highest BCUT2D eigenvalue weighted by molar-refractivity contribution is 9.10. The van der Waals surface area contributed by atoms with Crippen molar-refractivity contribution in [3.63, 3.8) is 0 Å². The summed E-state index contributed by atoms with van der Waals surface area (Å²) >= 11 is 2.87. The van der Waals surface area contributed by atoms with E-state index in [0.717, 1.165) is 17.7 Å². The number of nitrogens with one attached hydrogen (secondary N) is 1. The number of anilines is 1. The van der Waals surface area contributed by atoms with Crippen molar-refractivity contribution < 1.29 is 18.3 Å². The minimum absolute atomic E-state index is 0.00755. The smallest absolute Gasteiger partial charge is 0.228 e. The summed E-state index contributed by atoms with van der Waals surface area (Å²) in [5, 5.41) is 2.35. The van der Waals surface area contributed by atoms with E-state index in [2.05, 4.69) is 21.2 Å². The summed E-state index contributed by atoms with van der Waals surface area (Å²) in [7, 11) is 1.55. The Morgan fingerprint density at radius 1 is 1.19 bits per heavy atom. The molecule has 0 unspecified atom stereocenters. The maximum atomic E-state index is 13.6.